The van der Waals surface area contributed by atoms with Crippen LogP contribution in [0.25, 0.3) is 0 Å². The van der Waals surface area contributed by atoms with Crippen molar-refractivity contribution in [3.05, 3.63) is 47.7 Å². The predicted octanol–water partition coefficient (Wildman–Crippen LogP) is 2.71. The summed E-state index contributed by atoms with van der Waals surface area (Å²) >= 11 is 0.833. The Hall–Kier alpha value is -2.93. The number of methoxy groups -OCH3 is 1. The maximum absolute atomic E-state index is 14.9. The van der Waals surface area contributed by atoms with E-state index in [1.54, 1.807) is 0 Å². The largest absolute Gasteiger partial charge is 0.480 e. The van der Waals surface area contributed by atoms with Gasteiger partial charge in [0.2, 0.25) is 5.88 Å². The molecule has 3 atom stereocenters. The summed E-state index contributed by atoms with van der Waals surface area (Å²) in [5, 5.41) is 2.59. The van der Waals surface area contributed by atoms with E-state index >= 15 is 0 Å². The van der Waals surface area contributed by atoms with E-state index in [4.69, 9.17) is 15.2 Å². The molecule has 0 radical (unpaired) electrons. The third-order valence-electron chi connectivity index (χ3n) is 5.24. The van der Waals surface area contributed by atoms with E-state index < -0.39 is 41.3 Å². The van der Waals surface area contributed by atoms with Crippen LogP contribution in [0.4, 0.5) is 23.2 Å². The third-order valence-corrected chi connectivity index (χ3v) is 6.59. The van der Waals surface area contributed by atoms with Gasteiger partial charge in [-0.2, -0.15) is 13.2 Å². The Balaban J connectivity index is 1.67. The summed E-state index contributed by atoms with van der Waals surface area (Å²) < 4.78 is 64.0. The van der Waals surface area contributed by atoms with Crippen molar-refractivity contribution in [1.29, 1.82) is 0 Å². The molecule has 4 rings (SSSR count). The molecule has 13 heteroatoms. The van der Waals surface area contributed by atoms with Gasteiger partial charge in [-0.15, -0.1) is 0 Å². The summed E-state index contributed by atoms with van der Waals surface area (Å²) in [4.78, 5) is 24.2. The van der Waals surface area contributed by atoms with Crippen molar-refractivity contribution < 1.29 is 31.8 Å². The molecule has 1 aromatic heterocycles. The van der Waals surface area contributed by atoms with Crippen molar-refractivity contribution in [2.24, 2.45) is 16.6 Å². The first-order chi connectivity index (χ1) is 15.1. The number of amidine groups is 1. The molecule has 1 aromatic carbocycles. The molecule has 0 unspecified atom stereocenters. The lowest BCUT2D eigenvalue weighted by atomic mass is 9.83. The highest BCUT2D eigenvalue weighted by molar-refractivity contribution is 8.14. The minimum atomic E-state index is -4.65. The predicted molar refractivity (Wildman–Crippen MR) is 108 cm³/mol. The molecule has 170 valence electrons. The Morgan fingerprint density at radius 1 is 1.34 bits per heavy atom. The Morgan fingerprint density at radius 2 is 2.12 bits per heavy atom. The van der Waals surface area contributed by atoms with Crippen molar-refractivity contribution in [2.75, 3.05) is 25.6 Å². The fourth-order valence-corrected chi connectivity index (χ4v) is 5.01. The second-order valence-electron chi connectivity index (χ2n) is 7.14. The zero-order valence-corrected chi connectivity index (χ0v) is 17.3. The van der Waals surface area contributed by atoms with Crippen LogP contribution < -0.4 is 15.8 Å². The number of benzene rings is 1. The van der Waals surface area contributed by atoms with Crippen LogP contribution in [0, 0.1) is 11.7 Å². The van der Waals surface area contributed by atoms with E-state index in [9.17, 15) is 22.4 Å². The summed E-state index contributed by atoms with van der Waals surface area (Å²) in [7, 11) is 1.40. The zero-order chi connectivity index (χ0) is 23.1. The molecule has 2 aromatic rings. The number of nitrogens with one attached hydrogen (secondary N) is 1. The Labute approximate surface area is 183 Å². The average molecular weight is 471 g/mol. The molecule has 3 heterocycles. The van der Waals surface area contributed by atoms with Crippen LogP contribution in [0.3, 0.4) is 0 Å². The first-order valence-electron chi connectivity index (χ1n) is 9.29. The summed E-state index contributed by atoms with van der Waals surface area (Å²) in [6, 6.07) is 3.64. The average Bonchev–Trinajstić information content (AvgIpc) is 3.15. The van der Waals surface area contributed by atoms with Crippen LogP contribution in [-0.4, -0.2) is 53.6 Å². The minimum Gasteiger partial charge on any atom is -0.480 e. The monoisotopic (exact) mass is 471 g/mol. The second-order valence-corrected chi connectivity index (χ2v) is 8.49. The Kier molecular flexibility index (Phi) is 5.71. The number of alkyl halides is 3. The lowest BCUT2D eigenvalue weighted by molar-refractivity contribution is -0.215. The molecular weight excluding hydrogens is 454 g/mol. The fraction of sp³-hybridized carbons (Fsp3) is 0.368. The van der Waals surface area contributed by atoms with Crippen LogP contribution in [0.15, 0.2) is 35.6 Å². The molecule has 2 aliphatic rings. The van der Waals surface area contributed by atoms with E-state index in [-0.39, 0.29) is 34.5 Å². The van der Waals surface area contributed by atoms with Crippen molar-refractivity contribution in [3.63, 3.8) is 0 Å². The van der Waals surface area contributed by atoms with Gasteiger partial charge in [-0.25, -0.2) is 14.4 Å². The molecule has 2 aliphatic heterocycles. The fourth-order valence-electron chi connectivity index (χ4n) is 3.75. The highest BCUT2D eigenvalue weighted by Crippen LogP contribution is 2.55. The zero-order valence-electron chi connectivity index (χ0n) is 16.5. The maximum atomic E-state index is 14.9. The van der Waals surface area contributed by atoms with Gasteiger partial charge in [0.15, 0.2) is 11.3 Å². The van der Waals surface area contributed by atoms with Gasteiger partial charge >= 0.3 is 6.18 Å². The molecule has 1 amide bonds. The highest BCUT2D eigenvalue weighted by atomic mass is 32.2. The molecule has 32 heavy (non-hydrogen) atoms. The normalized spacial score (nSPS) is 25.1. The van der Waals surface area contributed by atoms with Crippen LogP contribution in [0.5, 0.6) is 5.88 Å². The Bertz CT molecular complexity index is 1070. The maximum Gasteiger partial charge on any atom is 0.415 e. The van der Waals surface area contributed by atoms with E-state index in [0.717, 1.165) is 17.8 Å². The van der Waals surface area contributed by atoms with Crippen LogP contribution in [-0.2, 0) is 9.48 Å². The number of amides is 1. The molecule has 0 aliphatic carbocycles. The number of hydrogen-bond acceptors (Lipinski definition) is 8. The van der Waals surface area contributed by atoms with Crippen LogP contribution in [0.2, 0.25) is 0 Å². The number of nitrogens with zero attached hydrogens (tertiary/aromatic N) is 3. The first-order valence-corrected chi connectivity index (χ1v) is 10.1. The lowest BCUT2D eigenvalue weighted by Gasteiger charge is -2.37. The number of ether oxygens (including phenoxy) is 2. The molecular formula is C19H17F4N5O3S. The topological polar surface area (TPSA) is 112 Å². The number of thioether (sulfide) groups is 1. The number of carbonyl (C=O) groups is 1. The van der Waals surface area contributed by atoms with E-state index in [0.29, 0.717) is 0 Å². The van der Waals surface area contributed by atoms with E-state index in [2.05, 4.69) is 20.3 Å². The molecule has 0 spiro atoms. The van der Waals surface area contributed by atoms with E-state index in [1.165, 1.54) is 31.6 Å². The van der Waals surface area contributed by atoms with Gasteiger partial charge in [0.05, 0.1) is 30.9 Å². The number of hydrogen-bond donors (Lipinski definition) is 2. The summed E-state index contributed by atoms with van der Waals surface area (Å²) in [5.74, 6) is -2.36. The van der Waals surface area contributed by atoms with Crippen molar-refractivity contribution in [2.45, 2.75) is 17.0 Å². The smallest absolute Gasteiger partial charge is 0.415 e. The number of fused-ring (bicyclic) bond motifs is 1. The number of rotatable bonds is 4. The van der Waals surface area contributed by atoms with E-state index in [1.807, 2.05) is 0 Å². The molecule has 0 bridgehead atoms. The van der Waals surface area contributed by atoms with Crippen molar-refractivity contribution >= 4 is 28.5 Å². The van der Waals surface area contributed by atoms with Crippen molar-refractivity contribution in [1.82, 2.24) is 9.97 Å². The number of aromatic nitrogens is 2. The van der Waals surface area contributed by atoms with Gasteiger partial charge in [0, 0.05) is 23.7 Å². The first kappa shape index (κ1) is 22.3. The lowest BCUT2D eigenvalue weighted by Crippen LogP contribution is -2.45. The second kappa shape index (κ2) is 8.20. The molecule has 8 nitrogen and oxygen atoms in total. The molecule has 0 saturated carbocycles. The third kappa shape index (κ3) is 3.97. The van der Waals surface area contributed by atoms with Gasteiger partial charge in [0.1, 0.15) is 11.5 Å². The molecule has 1 fully saturated rings. The summed E-state index contributed by atoms with van der Waals surface area (Å²) in [5.41, 5.74) is 5.87. The van der Waals surface area contributed by atoms with Gasteiger partial charge < -0.3 is 20.5 Å². The number of halogens is 4. The number of anilines is 1. The SMILES string of the molecule is COc1cnc(C(=O)Nc2ccc(F)c([C@]34CO[C@H](C(F)(F)F)[C@@H]3CN=C(N)S4)c2)cn1. The molecule has 3 N–H and O–H groups in total. The quantitative estimate of drug-likeness (QED) is 0.660. The van der Waals surface area contributed by atoms with Gasteiger partial charge in [0.25, 0.3) is 5.91 Å². The highest BCUT2D eigenvalue weighted by Gasteiger charge is 2.62. The number of carbonyl (C=O) groups excluding carboxylic acids is 1. The van der Waals surface area contributed by atoms with Crippen molar-refractivity contribution in [3.8, 4) is 5.88 Å². The number of aliphatic imine (C=N–C) groups is 1. The minimum absolute atomic E-state index is 0.0301. The van der Waals surface area contributed by atoms with Gasteiger partial charge in [-0.3, -0.25) is 9.79 Å². The standard InChI is InChI=1S/C19H17F4N5O3S/c1-30-14-7-25-13(6-26-14)16(29)28-9-2-3-12(20)10(4-9)18-8-31-15(19(21,22)23)11(18)5-27-17(24)32-18/h2-4,6-7,11,15H,5,8H2,1H3,(H2,24,27)(H,28,29)/t11-,15-,18+/m0/s1. The van der Waals surface area contributed by atoms with Gasteiger partial charge in [-0.1, -0.05) is 11.8 Å². The Morgan fingerprint density at radius 3 is 2.78 bits per heavy atom. The molecule has 1 saturated heterocycles. The summed E-state index contributed by atoms with van der Waals surface area (Å²) in [6.07, 6.45) is -4.31. The van der Waals surface area contributed by atoms with Crippen LogP contribution >= 0.6 is 11.8 Å². The van der Waals surface area contributed by atoms with Gasteiger partial charge in [-0.05, 0) is 18.2 Å². The van der Waals surface area contributed by atoms with Crippen LogP contribution in [0.1, 0.15) is 16.1 Å². The number of nitrogens with two attached hydrogens (primary N) is 1. The summed E-state index contributed by atoms with van der Waals surface area (Å²) in [6.45, 7) is -0.679.